The average molecular weight is 357 g/mol. The Hall–Kier alpha value is -1.92. The molecule has 0 spiro atoms. The molecule has 0 aliphatic rings. The highest BCUT2D eigenvalue weighted by molar-refractivity contribution is 7.99. The van der Waals surface area contributed by atoms with Crippen LogP contribution in [-0.4, -0.2) is 26.4 Å². The fourth-order valence-corrected chi connectivity index (χ4v) is 4.00. The van der Waals surface area contributed by atoms with Crippen molar-refractivity contribution in [1.82, 2.24) is 14.9 Å². The Labute approximate surface area is 150 Å². The molecule has 0 atom stereocenters. The molecule has 0 radical (unpaired) electrons. The number of nitrogens with zero attached hydrogens (tertiary/aromatic N) is 3. The molecule has 3 rings (SSSR count). The van der Waals surface area contributed by atoms with E-state index in [1.807, 2.05) is 35.7 Å². The third kappa shape index (κ3) is 4.79. The number of benzene rings is 2. The molecule has 0 amide bonds. The number of aryl methyl sites for hydroxylation is 2. The third-order valence-electron chi connectivity index (χ3n) is 3.51. The van der Waals surface area contributed by atoms with Crippen molar-refractivity contribution in [3.8, 4) is 0 Å². The SMILES string of the molecule is Nn1c(CCSc2ccccc2)nnc1CCSc1ccccc1. The largest absolute Gasteiger partial charge is 0.336 e. The first-order chi connectivity index (χ1) is 11.8. The summed E-state index contributed by atoms with van der Waals surface area (Å²) < 4.78 is 1.65. The summed E-state index contributed by atoms with van der Waals surface area (Å²) in [7, 11) is 0. The van der Waals surface area contributed by atoms with E-state index in [0.717, 1.165) is 36.0 Å². The van der Waals surface area contributed by atoms with Crippen LogP contribution in [0.3, 0.4) is 0 Å². The number of rotatable bonds is 8. The number of aromatic nitrogens is 3. The van der Waals surface area contributed by atoms with Crippen molar-refractivity contribution in [2.75, 3.05) is 17.3 Å². The van der Waals surface area contributed by atoms with Gasteiger partial charge < -0.3 is 5.84 Å². The molecule has 0 saturated carbocycles. The first-order valence-electron chi connectivity index (χ1n) is 7.87. The summed E-state index contributed by atoms with van der Waals surface area (Å²) in [5.41, 5.74) is 0. The minimum absolute atomic E-state index is 0.814. The van der Waals surface area contributed by atoms with Gasteiger partial charge in [0.25, 0.3) is 0 Å². The Kier molecular flexibility index (Phi) is 6.20. The molecule has 6 heteroatoms. The van der Waals surface area contributed by atoms with Crippen molar-refractivity contribution in [3.05, 3.63) is 72.3 Å². The van der Waals surface area contributed by atoms with Crippen molar-refractivity contribution in [2.24, 2.45) is 0 Å². The number of nitrogens with two attached hydrogens (primary N) is 1. The van der Waals surface area contributed by atoms with E-state index >= 15 is 0 Å². The second-order valence-corrected chi connectivity index (χ2v) is 7.56. The monoisotopic (exact) mass is 356 g/mol. The normalized spacial score (nSPS) is 10.8. The Morgan fingerprint density at radius 3 is 1.54 bits per heavy atom. The molecule has 1 heterocycles. The van der Waals surface area contributed by atoms with Crippen LogP contribution in [-0.2, 0) is 12.8 Å². The maximum Gasteiger partial charge on any atom is 0.152 e. The summed E-state index contributed by atoms with van der Waals surface area (Å²) >= 11 is 3.62. The molecular weight excluding hydrogens is 336 g/mol. The zero-order valence-electron chi connectivity index (χ0n) is 13.3. The zero-order valence-corrected chi connectivity index (χ0v) is 15.0. The van der Waals surface area contributed by atoms with Crippen molar-refractivity contribution in [1.29, 1.82) is 0 Å². The summed E-state index contributed by atoms with van der Waals surface area (Å²) in [5.74, 6) is 9.71. The van der Waals surface area contributed by atoms with Gasteiger partial charge in [-0.15, -0.1) is 33.7 Å². The lowest BCUT2D eigenvalue weighted by Gasteiger charge is -2.04. The highest BCUT2D eigenvalue weighted by Crippen LogP contribution is 2.19. The maximum absolute atomic E-state index is 6.14. The number of nitrogen functional groups attached to an aromatic ring is 1. The molecule has 24 heavy (non-hydrogen) atoms. The van der Waals surface area contributed by atoms with Gasteiger partial charge in [-0.3, -0.25) is 0 Å². The quantitative estimate of drug-likeness (QED) is 0.493. The van der Waals surface area contributed by atoms with E-state index in [0.29, 0.717) is 0 Å². The summed E-state index contributed by atoms with van der Waals surface area (Å²) in [6.07, 6.45) is 1.63. The van der Waals surface area contributed by atoms with E-state index in [4.69, 9.17) is 5.84 Å². The van der Waals surface area contributed by atoms with Crippen LogP contribution in [0.2, 0.25) is 0 Å². The summed E-state index contributed by atoms with van der Waals surface area (Å²) in [5, 5.41) is 8.48. The molecule has 0 saturated heterocycles. The summed E-state index contributed by atoms with van der Waals surface area (Å²) in [4.78, 5) is 2.53. The topological polar surface area (TPSA) is 56.7 Å². The second kappa shape index (κ2) is 8.80. The van der Waals surface area contributed by atoms with Crippen molar-refractivity contribution >= 4 is 23.5 Å². The lowest BCUT2D eigenvalue weighted by molar-refractivity contribution is 0.814. The maximum atomic E-state index is 6.14. The molecule has 124 valence electrons. The molecule has 2 aromatic carbocycles. The van der Waals surface area contributed by atoms with E-state index in [1.165, 1.54) is 9.79 Å². The lowest BCUT2D eigenvalue weighted by Crippen LogP contribution is -2.17. The molecule has 1 aromatic heterocycles. The number of hydrogen-bond donors (Lipinski definition) is 1. The molecule has 4 nitrogen and oxygen atoms in total. The van der Waals surface area contributed by atoms with E-state index < -0.39 is 0 Å². The van der Waals surface area contributed by atoms with Crippen molar-refractivity contribution < 1.29 is 0 Å². The van der Waals surface area contributed by atoms with Gasteiger partial charge in [0.1, 0.15) is 0 Å². The van der Waals surface area contributed by atoms with E-state index in [1.54, 1.807) is 4.68 Å². The Bertz CT molecular complexity index is 681. The van der Waals surface area contributed by atoms with Crippen LogP contribution in [0.5, 0.6) is 0 Å². The predicted molar refractivity (Wildman–Crippen MR) is 102 cm³/mol. The van der Waals surface area contributed by atoms with E-state index in [9.17, 15) is 0 Å². The van der Waals surface area contributed by atoms with E-state index in [-0.39, 0.29) is 0 Å². The van der Waals surface area contributed by atoms with Crippen molar-refractivity contribution in [3.63, 3.8) is 0 Å². The van der Waals surface area contributed by atoms with Crippen LogP contribution in [0.15, 0.2) is 70.5 Å². The van der Waals surface area contributed by atoms with Crippen LogP contribution >= 0.6 is 23.5 Å². The second-order valence-electron chi connectivity index (χ2n) is 5.23. The highest BCUT2D eigenvalue weighted by atomic mass is 32.2. The molecule has 0 unspecified atom stereocenters. The van der Waals surface area contributed by atoms with Crippen LogP contribution in [0.1, 0.15) is 11.6 Å². The van der Waals surface area contributed by atoms with Gasteiger partial charge in [-0.05, 0) is 24.3 Å². The predicted octanol–water partition coefficient (Wildman–Crippen LogP) is 3.66. The van der Waals surface area contributed by atoms with Crippen LogP contribution < -0.4 is 5.84 Å². The van der Waals surface area contributed by atoms with Gasteiger partial charge in [-0.2, -0.15) is 0 Å². The molecule has 2 N–H and O–H groups in total. The van der Waals surface area contributed by atoms with Gasteiger partial charge in [0, 0.05) is 34.1 Å². The van der Waals surface area contributed by atoms with Gasteiger partial charge in [0.05, 0.1) is 0 Å². The molecule has 0 aliphatic heterocycles. The van der Waals surface area contributed by atoms with Gasteiger partial charge in [-0.1, -0.05) is 36.4 Å². The van der Waals surface area contributed by atoms with Crippen LogP contribution in [0.4, 0.5) is 0 Å². The zero-order chi connectivity index (χ0) is 16.6. The lowest BCUT2D eigenvalue weighted by atomic mass is 10.4. The molecule has 0 aliphatic carbocycles. The fraction of sp³-hybridized carbons (Fsp3) is 0.222. The fourth-order valence-electron chi connectivity index (χ4n) is 2.26. The smallest absolute Gasteiger partial charge is 0.152 e. The standard InChI is InChI=1S/C18H20N4S2/c19-22-17(11-13-23-15-7-3-1-4-8-15)20-21-18(22)12-14-24-16-9-5-2-6-10-16/h1-10H,11-14,19H2. The van der Waals surface area contributed by atoms with Gasteiger partial charge in [0.2, 0.25) is 0 Å². The first kappa shape index (κ1) is 16.9. The summed E-state index contributed by atoms with van der Waals surface area (Å²) in [6, 6.07) is 20.7. The summed E-state index contributed by atoms with van der Waals surface area (Å²) in [6.45, 7) is 0. The molecule has 0 fully saturated rings. The van der Waals surface area contributed by atoms with Crippen LogP contribution in [0.25, 0.3) is 0 Å². The van der Waals surface area contributed by atoms with Gasteiger partial charge >= 0.3 is 0 Å². The molecule has 3 aromatic rings. The number of hydrogen-bond acceptors (Lipinski definition) is 5. The number of thioether (sulfide) groups is 2. The highest BCUT2D eigenvalue weighted by Gasteiger charge is 2.09. The molecular formula is C18H20N4S2. The minimum Gasteiger partial charge on any atom is -0.336 e. The minimum atomic E-state index is 0.814. The third-order valence-corrected chi connectivity index (χ3v) is 5.54. The molecule has 0 bridgehead atoms. The van der Waals surface area contributed by atoms with Gasteiger partial charge in [0.15, 0.2) is 11.6 Å². The van der Waals surface area contributed by atoms with Gasteiger partial charge in [-0.25, -0.2) is 4.68 Å². The van der Waals surface area contributed by atoms with E-state index in [2.05, 4.69) is 58.7 Å². The first-order valence-corrected chi connectivity index (χ1v) is 9.84. The average Bonchev–Trinajstić information content (AvgIpc) is 2.97. The van der Waals surface area contributed by atoms with Crippen molar-refractivity contribution in [2.45, 2.75) is 22.6 Å². The Morgan fingerprint density at radius 2 is 1.12 bits per heavy atom. The Balaban J connectivity index is 1.46. The van der Waals surface area contributed by atoms with Crippen LogP contribution in [0, 0.1) is 0 Å². The Morgan fingerprint density at radius 1 is 0.708 bits per heavy atom.